The molecule has 1 unspecified atom stereocenters. The summed E-state index contributed by atoms with van der Waals surface area (Å²) in [6.45, 7) is 1.80. The van der Waals surface area contributed by atoms with E-state index in [-0.39, 0.29) is 0 Å². The first-order valence-corrected chi connectivity index (χ1v) is 5.21. The summed E-state index contributed by atoms with van der Waals surface area (Å²) in [4.78, 5) is 11.0. The predicted octanol–water partition coefficient (Wildman–Crippen LogP) is 2.64. The lowest BCUT2D eigenvalue weighted by Crippen LogP contribution is -2.33. The van der Waals surface area contributed by atoms with Gasteiger partial charge in [0.15, 0.2) is 6.10 Å². The summed E-state index contributed by atoms with van der Waals surface area (Å²) in [5.41, 5.74) is 5.14. The number of benzene rings is 1. The molecule has 1 amide bonds. The summed E-state index contributed by atoms with van der Waals surface area (Å²) >= 11 is 11.7. The molecule has 0 spiro atoms. The van der Waals surface area contributed by atoms with E-state index in [1.807, 2.05) is 0 Å². The van der Waals surface area contributed by atoms with Gasteiger partial charge in [-0.2, -0.15) is 0 Å². The molecule has 0 aliphatic carbocycles. The molecule has 0 saturated carbocycles. The average molecular weight is 248 g/mol. The first-order chi connectivity index (χ1) is 7.06. The zero-order valence-corrected chi connectivity index (χ0v) is 9.68. The molecule has 0 aromatic heterocycles. The molecular weight excluding hydrogens is 237 g/mol. The maximum Gasteiger partial charge on any atom is 0.258 e. The summed E-state index contributed by atoms with van der Waals surface area (Å²) in [7, 11) is 0. The van der Waals surface area contributed by atoms with E-state index in [2.05, 4.69) is 0 Å². The van der Waals surface area contributed by atoms with Gasteiger partial charge in [-0.25, -0.2) is 0 Å². The number of nitrogens with two attached hydrogens (primary N) is 1. The van der Waals surface area contributed by atoms with Crippen molar-refractivity contribution in [1.82, 2.24) is 0 Å². The Morgan fingerprint density at radius 3 is 2.73 bits per heavy atom. The van der Waals surface area contributed by atoms with Gasteiger partial charge in [0.25, 0.3) is 5.91 Å². The number of hydrogen-bond donors (Lipinski definition) is 1. The second-order valence-corrected chi connectivity index (χ2v) is 3.75. The lowest BCUT2D eigenvalue weighted by molar-refractivity contribution is -0.124. The first-order valence-electron chi connectivity index (χ1n) is 4.46. The predicted molar refractivity (Wildman–Crippen MR) is 60.4 cm³/mol. The van der Waals surface area contributed by atoms with E-state index in [1.54, 1.807) is 25.1 Å². The molecule has 1 aromatic carbocycles. The van der Waals surface area contributed by atoms with Crippen molar-refractivity contribution in [1.29, 1.82) is 0 Å². The van der Waals surface area contributed by atoms with Crippen molar-refractivity contribution in [2.75, 3.05) is 0 Å². The van der Waals surface area contributed by atoms with Crippen LogP contribution in [0.25, 0.3) is 0 Å². The largest absolute Gasteiger partial charge is 0.479 e. The van der Waals surface area contributed by atoms with E-state index in [9.17, 15) is 4.79 Å². The van der Waals surface area contributed by atoms with Gasteiger partial charge < -0.3 is 10.5 Å². The fourth-order valence-electron chi connectivity index (χ4n) is 1.07. The molecule has 3 nitrogen and oxygen atoms in total. The van der Waals surface area contributed by atoms with Gasteiger partial charge >= 0.3 is 0 Å². The summed E-state index contributed by atoms with van der Waals surface area (Å²) in [6, 6.07) is 4.97. The minimum absolute atomic E-state index is 0.291. The highest BCUT2D eigenvalue weighted by atomic mass is 35.5. The van der Waals surface area contributed by atoms with Gasteiger partial charge in [0.1, 0.15) is 10.8 Å². The molecule has 0 saturated heterocycles. The lowest BCUT2D eigenvalue weighted by Gasteiger charge is -2.15. The Labute approximate surface area is 98.1 Å². The van der Waals surface area contributed by atoms with Gasteiger partial charge in [0.2, 0.25) is 0 Å². The Morgan fingerprint density at radius 2 is 2.20 bits per heavy atom. The molecule has 0 fully saturated rings. The van der Waals surface area contributed by atoms with Crippen LogP contribution in [0.15, 0.2) is 18.2 Å². The van der Waals surface area contributed by atoms with E-state index in [1.165, 1.54) is 0 Å². The molecule has 1 aromatic rings. The van der Waals surface area contributed by atoms with E-state index >= 15 is 0 Å². The average Bonchev–Trinajstić information content (AvgIpc) is 2.19. The van der Waals surface area contributed by atoms with Gasteiger partial charge in [-0.1, -0.05) is 36.2 Å². The molecule has 15 heavy (non-hydrogen) atoms. The topological polar surface area (TPSA) is 52.3 Å². The Morgan fingerprint density at radius 1 is 1.53 bits per heavy atom. The Hall–Kier alpha value is -0.930. The molecule has 1 rings (SSSR count). The molecule has 82 valence electrons. The fourth-order valence-corrected chi connectivity index (χ4v) is 1.41. The number of rotatable bonds is 4. The van der Waals surface area contributed by atoms with E-state index < -0.39 is 12.0 Å². The molecule has 5 heteroatoms. The van der Waals surface area contributed by atoms with Crippen molar-refractivity contribution in [3.63, 3.8) is 0 Å². The molecule has 0 radical (unpaired) electrons. The highest BCUT2D eigenvalue weighted by Crippen LogP contribution is 2.32. The second kappa shape index (κ2) is 5.24. The van der Waals surface area contributed by atoms with Gasteiger partial charge in [0.05, 0.1) is 5.02 Å². The highest BCUT2D eigenvalue weighted by Gasteiger charge is 2.16. The van der Waals surface area contributed by atoms with Crippen LogP contribution in [0.1, 0.15) is 13.3 Å². The maximum atomic E-state index is 11.0. The number of amides is 1. The van der Waals surface area contributed by atoms with E-state index in [0.717, 1.165) is 0 Å². The van der Waals surface area contributed by atoms with Crippen LogP contribution >= 0.6 is 23.2 Å². The SMILES string of the molecule is CCC(Oc1cccc(Cl)c1Cl)C(N)=O. The van der Waals surface area contributed by atoms with Crippen LogP contribution in [0.5, 0.6) is 5.75 Å². The summed E-state index contributed by atoms with van der Waals surface area (Å²) < 4.78 is 5.35. The summed E-state index contributed by atoms with van der Waals surface area (Å²) in [6.07, 6.45) is -0.195. The fraction of sp³-hybridized carbons (Fsp3) is 0.300. The van der Waals surface area contributed by atoms with Gasteiger partial charge in [0, 0.05) is 0 Å². The maximum absolute atomic E-state index is 11.0. The van der Waals surface area contributed by atoms with Crippen LogP contribution in [0, 0.1) is 0 Å². The van der Waals surface area contributed by atoms with Crippen molar-refractivity contribution in [3.05, 3.63) is 28.2 Å². The van der Waals surface area contributed by atoms with Gasteiger partial charge in [-0.15, -0.1) is 0 Å². The highest BCUT2D eigenvalue weighted by molar-refractivity contribution is 6.42. The number of ether oxygens (including phenoxy) is 1. The Kier molecular flexibility index (Phi) is 4.24. The van der Waals surface area contributed by atoms with Crippen molar-refractivity contribution >= 4 is 29.1 Å². The normalized spacial score (nSPS) is 12.2. The van der Waals surface area contributed by atoms with Crippen molar-refractivity contribution in [2.45, 2.75) is 19.4 Å². The third-order valence-corrected chi connectivity index (χ3v) is 2.68. The van der Waals surface area contributed by atoms with Crippen LogP contribution in [-0.4, -0.2) is 12.0 Å². The van der Waals surface area contributed by atoms with E-state index in [4.69, 9.17) is 33.7 Å². The van der Waals surface area contributed by atoms with Crippen LogP contribution < -0.4 is 10.5 Å². The number of halogens is 2. The Balaban J connectivity index is 2.88. The minimum atomic E-state index is -0.680. The third kappa shape index (κ3) is 3.01. The number of carbonyl (C=O) groups excluding carboxylic acids is 1. The third-order valence-electron chi connectivity index (χ3n) is 1.87. The molecule has 2 N–H and O–H groups in total. The number of carbonyl (C=O) groups is 1. The molecule has 0 bridgehead atoms. The number of hydrogen-bond acceptors (Lipinski definition) is 2. The minimum Gasteiger partial charge on any atom is -0.479 e. The van der Waals surface area contributed by atoms with Crippen molar-refractivity contribution < 1.29 is 9.53 Å². The van der Waals surface area contributed by atoms with Gasteiger partial charge in [-0.05, 0) is 18.6 Å². The molecule has 0 aliphatic rings. The van der Waals surface area contributed by atoms with Crippen LogP contribution in [0.4, 0.5) is 0 Å². The second-order valence-electron chi connectivity index (χ2n) is 2.97. The van der Waals surface area contributed by atoms with Gasteiger partial charge in [-0.3, -0.25) is 4.79 Å². The van der Waals surface area contributed by atoms with Crippen LogP contribution in [-0.2, 0) is 4.79 Å². The first kappa shape index (κ1) is 12.1. The molecular formula is C10H11Cl2NO2. The van der Waals surface area contributed by atoms with Crippen molar-refractivity contribution in [3.8, 4) is 5.75 Å². The zero-order valence-electron chi connectivity index (χ0n) is 8.17. The Bertz CT molecular complexity index is 368. The molecule has 0 aliphatic heterocycles. The van der Waals surface area contributed by atoms with Crippen LogP contribution in [0.3, 0.4) is 0 Å². The summed E-state index contributed by atoms with van der Waals surface area (Å²) in [5.74, 6) is -0.150. The smallest absolute Gasteiger partial charge is 0.258 e. The van der Waals surface area contributed by atoms with E-state index in [0.29, 0.717) is 22.2 Å². The monoisotopic (exact) mass is 247 g/mol. The quantitative estimate of drug-likeness (QED) is 0.890. The van der Waals surface area contributed by atoms with Crippen LogP contribution in [0.2, 0.25) is 10.0 Å². The standard InChI is InChI=1S/C10H11Cl2NO2/c1-2-7(10(13)14)15-8-5-3-4-6(11)9(8)12/h3-5,7H,2H2,1H3,(H2,13,14). The lowest BCUT2D eigenvalue weighted by atomic mass is 10.2. The molecule has 0 heterocycles. The summed E-state index contributed by atoms with van der Waals surface area (Å²) in [5, 5.41) is 0.673. The molecule has 1 atom stereocenters. The van der Waals surface area contributed by atoms with Crippen molar-refractivity contribution in [2.24, 2.45) is 5.73 Å². The number of primary amides is 1. The zero-order chi connectivity index (χ0) is 11.4.